The van der Waals surface area contributed by atoms with Crippen LogP contribution in [0.4, 0.5) is 13.2 Å². The van der Waals surface area contributed by atoms with Gasteiger partial charge in [-0.05, 0) is 29.8 Å². The van der Waals surface area contributed by atoms with Gasteiger partial charge in [-0.2, -0.15) is 18.3 Å². The standard InChI is InChI=1S/C24H22F3N5O4/c1-35-18-6-3-7-19(11-18)36-14-21(33)28-8-9-32-22-20(12-30-32)23(34)31(15-29-22)13-16-4-2-5-17(10-16)24(25,26)27/h2-7,10-12,15H,8-9,13-14H2,1H3,(H,28,33). The molecular weight excluding hydrogens is 479 g/mol. The lowest BCUT2D eigenvalue weighted by Crippen LogP contribution is -2.31. The lowest BCUT2D eigenvalue weighted by Gasteiger charge is -2.10. The molecular formula is C24H22F3N5O4. The average molecular weight is 501 g/mol. The van der Waals surface area contributed by atoms with Gasteiger partial charge in [-0.1, -0.05) is 18.2 Å². The first-order chi connectivity index (χ1) is 17.2. The van der Waals surface area contributed by atoms with Gasteiger partial charge in [0.1, 0.15) is 23.2 Å². The Morgan fingerprint density at radius 2 is 1.89 bits per heavy atom. The number of rotatable bonds is 9. The summed E-state index contributed by atoms with van der Waals surface area (Å²) in [6.45, 7) is 0.205. The van der Waals surface area contributed by atoms with Crippen molar-refractivity contribution in [2.24, 2.45) is 0 Å². The third-order valence-electron chi connectivity index (χ3n) is 5.29. The summed E-state index contributed by atoms with van der Waals surface area (Å²) in [7, 11) is 1.53. The van der Waals surface area contributed by atoms with Gasteiger partial charge in [0.05, 0.1) is 32.0 Å². The van der Waals surface area contributed by atoms with E-state index in [-0.39, 0.29) is 37.5 Å². The van der Waals surface area contributed by atoms with Gasteiger partial charge in [0.2, 0.25) is 0 Å². The van der Waals surface area contributed by atoms with E-state index in [1.54, 1.807) is 24.3 Å². The van der Waals surface area contributed by atoms with E-state index in [4.69, 9.17) is 9.47 Å². The van der Waals surface area contributed by atoms with Gasteiger partial charge >= 0.3 is 6.18 Å². The van der Waals surface area contributed by atoms with E-state index in [2.05, 4.69) is 15.4 Å². The third-order valence-corrected chi connectivity index (χ3v) is 5.29. The number of fused-ring (bicyclic) bond motifs is 1. The molecule has 1 N–H and O–H groups in total. The van der Waals surface area contributed by atoms with Gasteiger partial charge in [-0.25, -0.2) is 9.67 Å². The predicted molar refractivity (Wildman–Crippen MR) is 124 cm³/mol. The highest BCUT2D eigenvalue weighted by Gasteiger charge is 2.30. The SMILES string of the molecule is COc1cccc(OCC(=O)NCCn2ncc3c(=O)n(Cc4cccc(C(F)(F)F)c4)cnc32)c1. The minimum Gasteiger partial charge on any atom is -0.497 e. The van der Waals surface area contributed by atoms with Crippen LogP contribution in [-0.4, -0.2) is 45.5 Å². The molecule has 12 heteroatoms. The normalized spacial score (nSPS) is 11.4. The first kappa shape index (κ1) is 24.8. The van der Waals surface area contributed by atoms with Gasteiger partial charge in [0, 0.05) is 12.6 Å². The summed E-state index contributed by atoms with van der Waals surface area (Å²) in [5.41, 5.74) is -0.591. The van der Waals surface area contributed by atoms with Crippen molar-refractivity contribution in [1.29, 1.82) is 0 Å². The molecule has 0 saturated carbocycles. The number of halogens is 3. The van der Waals surface area contributed by atoms with Crippen molar-refractivity contribution < 1.29 is 27.4 Å². The van der Waals surface area contributed by atoms with E-state index in [0.29, 0.717) is 22.7 Å². The van der Waals surface area contributed by atoms with Crippen LogP contribution in [0.25, 0.3) is 11.0 Å². The van der Waals surface area contributed by atoms with Crippen molar-refractivity contribution in [3.63, 3.8) is 0 Å². The molecule has 9 nitrogen and oxygen atoms in total. The maximum Gasteiger partial charge on any atom is 0.416 e. The maximum atomic E-state index is 13.0. The summed E-state index contributed by atoms with van der Waals surface area (Å²) >= 11 is 0. The summed E-state index contributed by atoms with van der Waals surface area (Å²) in [5.74, 6) is 0.763. The average Bonchev–Trinajstić information content (AvgIpc) is 3.28. The number of methoxy groups -OCH3 is 1. The van der Waals surface area contributed by atoms with Crippen molar-refractivity contribution in [3.8, 4) is 11.5 Å². The topological polar surface area (TPSA) is 100 Å². The van der Waals surface area contributed by atoms with Gasteiger partial charge in [-0.3, -0.25) is 14.2 Å². The Bertz CT molecular complexity index is 1430. The second-order valence-electron chi connectivity index (χ2n) is 7.80. The first-order valence-corrected chi connectivity index (χ1v) is 10.9. The highest BCUT2D eigenvalue weighted by atomic mass is 19.4. The highest BCUT2D eigenvalue weighted by molar-refractivity contribution is 5.77. The molecule has 0 aliphatic carbocycles. The second-order valence-corrected chi connectivity index (χ2v) is 7.80. The molecule has 2 aromatic heterocycles. The van der Waals surface area contributed by atoms with E-state index in [0.717, 1.165) is 12.1 Å². The van der Waals surface area contributed by atoms with E-state index >= 15 is 0 Å². The Balaban J connectivity index is 1.36. The zero-order valence-corrected chi connectivity index (χ0v) is 19.2. The number of carbonyl (C=O) groups is 1. The van der Waals surface area contributed by atoms with Crippen LogP contribution in [0.1, 0.15) is 11.1 Å². The number of carbonyl (C=O) groups excluding carboxylic acids is 1. The number of ether oxygens (including phenoxy) is 2. The van der Waals surface area contributed by atoms with Crippen LogP contribution >= 0.6 is 0 Å². The lowest BCUT2D eigenvalue weighted by atomic mass is 10.1. The Labute approximate surface area is 203 Å². The predicted octanol–water partition coefficient (Wildman–Crippen LogP) is 2.86. The minimum absolute atomic E-state index is 0.0692. The molecule has 4 aromatic rings. The number of benzene rings is 2. The molecule has 0 saturated heterocycles. The highest BCUT2D eigenvalue weighted by Crippen LogP contribution is 2.29. The Morgan fingerprint density at radius 1 is 1.11 bits per heavy atom. The molecule has 2 aromatic carbocycles. The number of amides is 1. The summed E-state index contributed by atoms with van der Waals surface area (Å²) in [4.78, 5) is 29.2. The zero-order chi connectivity index (χ0) is 25.7. The van der Waals surface area contributed by atoms with Crippen LogP contribution in [0.15, 0.2) is 65.8 Å². The minimum atomic E-state index is -4.47. The monoisotopic (exact) mass is 501 g/mol. The second kappa shape index (κ2) is 10.5. The van der Waals surface area contributed by atoms with Crippen molar-refractivity contribution in [3.05, 3.63) is 82.5 Å². The van der Waals surface area contributed by atoms with Crippen molar-refractivity contribution >= 4 is 16.9 Å². The Hall–Kier alpha value is -4.35. The van der Waals surface area contributed by atoms with Crippen LogP contribution in [0.2, 0.25) is 0 Å². The van der Waals surface area contributed by atoms with Gasteiger partial charge in [0.25, 0.3) is 11.5 Å². The van der Waals surface area contributed by atoms with Crippen molar-refractivity contribution in [2.45, 2.75) is 19.3 Å². The smallest absolute Gasteiger partial charge is 0.416 e. The molecule has 0 spiro atoms. The maximum absolute atomic E-state index is 13.0. The summed E-state index contributed by atoms with van der Waals surface area (Å²) in [6, 6.07) is 11.7. The molecule has 2 heterocycles. The molecule has 0 atom stereocenters. The number of hydrogen-bond acceptors (Lipinski definition) is 6. The van der Waals surface area contributed by atoms with Crippen LogP contribution in [0.3, 0.4) is 0 Å². The molecule has 0 fully saturated rings. The Morgan fingerprint density at radius 3 is 2.67 bits per heavy atom. The number of nitrogens with one attached hydrogen (secondary N) is 1. The summed E-state index contributed by atoms with van der Waals surface area (Å²) in [5, 5.41) is 7.08. The van der Waals surface area contributed by atoms with Crippen molar-refractivity contribution in [1.82, 2.24) is 24.6 Å². The quantitative estimate of drug-likeness (QED) is 0.379. The van der Waals surface area contributed by atoms with E-state index < -0.39 is 17.3 Å². The zero-order valence-electron chi connectivity index (χ0n) is 19.2. The van der Waals surface area contributed by atoms with E-state index in [1.165, 1.54) is 41.0 Å². The van der Waals surface area contributed by atoms with Crippen LogP contribution in [-0.2, 0) is 24.1 Å². The van der Waals surface area contributed by atoms with Crippen LogP contribution in [0, 0.1) is 0 Å². The summed E-state index contributed by atoms with van der Waals surface area (Å²) in [6.07, 6.45) is -1.86. The Kier molecular flexibility index (Phi) is 7.23. The fourth-order valence-electron chi connectivity index (χ4n) is 3.51. The summed E-state index contributed by atoms with van der Waals surface area (Å²) < 4.78 is 52.1. The fraction of sp³-hybridized carbons (Fsp3) is 0.250. The first-order valence-electron chi connectivity index (χ1n) is 10.9. The molecule has 1 amide bonds. The lowest BCUT2D eigenvalue weighted by molar-refractivity contribution is -0.137. The largest absolute Gasteiger partial charge is 0.497 e. The van der Waals surface area contributed by atoms with Gasteiger partial charge in [-0.15, -0.1) is 0 Å². The van der Waals surface area contributed by atoms with E-state index in [1.807, 2.05) is 0 Å². The number of alkyl halides is 3. The molecule has 0 bridgehead atoms. The number of hydrogen-bond donors (Lipinski definition) is 1. The molecule has 4 rings (SSSR count). The molecule has 188 valence electrons. The van der Waals surface area contributed by atoms with Gasteiger partial charge in [0.15, 0.2) is 12.3 Å². The molecule has 0 aliphatic rings. The molecule has 0 radical (unpaired) electrons. The molecule has 36 heavy (non-hydrogen) atoms. The molecule has 0 aliphatic heterocycles. The van der Waals surface area contributed by atoms with Crippen molar-refractivity contribution in [2.75, 3.05) is 20.3 Å². The number of nitrogens with zero attached hydrogens (tertiary/aromatic N) is 4. The van der Waals surface area contributed by atoms with E-state index in [9.17, 15) is 22.8 Å². The number of aromatic nitrogens is 4. The van der Waals surface area contributed by atoms with Crippen LogP contribution in [0.5, 0.6) is 11.5 Å². The fourth-order valence-corrected chi connectivity index (χ4v) is 3.51. The molecule has 0 unspecified atom stereocenters. The third kappa shape index (κ3) is 5.82. The van der Waals surface area contributed by atoms with Gasteiger partial charge < -0.3 is 14.8 Å². The van der Waals surface area contributed by atoms with Crippen LogP contribution < -0.4 is 20.3 Å².